The zero-order valence-corrected chi connectivity index (χ0v) is 12.6. The number of carbonyl (C=O) groups excluding carboxylic acids is 2. The molecule has 112 valence electrons. The predicted molar refractivity (Wildman–Crippen MR) is 87.2 cm³/mol. The van der Waals surface area contributed by atoms with Gasteiger partial charge in [0.05, 0.1) is 0 Å². The number of aryl methyl sites for hydroxylation is 1. The summed E-state index contributed by atoms with van der Waals surface area (Å²) in [6, 6.07) is 14.4. The SMILES string of the molecule is O=C(Nc1cccc(Cl)c1)C(=O)N1CCCc2ccccc21. The molecule has 4 nitrogen and oxygen atoms in total. The highest BCUT2D eigenvalue weighted by atomic mass is 35.5. The Bertz CT molecular complexity index is 730. The van der Waals surface area contributed by atoms with Crippen molar-refractivity contribution in [2.75, 3.05) is 16.8 Å². The fraction of sp³-hybridized carbons (Fsp3) is 0.176. The monoisotopic (exact) mass is 314 g/mol. The molecule has 0 saturated heterocycles. The van der Waals surface area contributed by atoms with Gasteiger partial charge in [0, 0.05) is 22.9 Å². The smallest absolute Gasteiger partial charge is 0.316 e. The van der Waals surface area contributed by atoms with E-state index in [2.05, 4.69) is 5.32 Å². The van der Waals surface area contributed by atoms with Crippen LogP contribution in [0, 0.1) is 0 Å². The van der Waals surface area contributed by atoms with Crippen LogP contribution in [0.2, 0.25) is 5.02 Å². The third kappa shape index (κ3) is 2.97. The average Bonchev–Trinajstić information content (AvgIpc) is 2.53. The zero-order chi connectivity index (χ0) is 15.5. The summed E-state index contributed by atoms with van der Waals surface area (Å²) in [6.45, 7) is 0.554. The highest BCUT2D eigenvalue weighted by Crippen LogP contribution is 2.27. The Hall–Kier alpha value is -2.33. The van der Waals surface area contributed by atoms with Crippen LogP contribution in [0.15, 0.2) is 48.5 Å². The second-order valence-corrected chi connectivity index (χ2v) is 5.59. The van der Waals surface area contributed by atoms with Crippen LogP contribution in [0.1, 0.15) is 12.0 Å². The summed E-state index contributed by atoms with van der Waals surface area (Å²) < 4.78 is 0. The van der Waals surface area contributed by atoms with Crippen molar-refractivity contribution < 1.29 is 9.59 Å². The summed E-state index contributed by atoms with van der Waals surface area (Å²) in [7, 11) is 0. The number of para-hydroxylation sites is 1. The molecular formula is C17H15ClN2O2. The van der Waals surface area contributed by atoms with Crippen molar-refractivity contribution in [3.05, 3.63) is 59.1 Å². The molecule has 3 rings (SSSR count). The molecule has 0 unspecified atom stereocenters. The fourth-order valence-corrected chi connectivity index (χ4v) is 2.81. The average molecular weight is 315 g/mol. The maximum absolute atomic E-state index is 12.4. The van der Waals surface area contributed by atoms with E-state index in [0.717, 1.165) is 24.1 Å². The minimum Gasteiger partial charge on any atom is -0.318 e. The first-order chi connectivity index (χ1) is 10.6. The van der Waals surface area contributed by atoms with E-state index < -0.39 is 11.8 Å². The first-order valence-corrected chi connectivity index (χ1v) is 7.49. The fourth-order valence-electron chi connectivity index (χ4n) is 2.62. The van der Waals surface area contributed by atoms with Gasteiger partial charge in [-0.25, -0.2) is 0 Å². The third-order valence-corrected chi connectivity index (χ3v) is 3.87. The van der Waals surface area contributed by atoms with Gasteiger partial charge in [-0.2, -0.15) is 0 Å². The lowest BCUT2D eigenvalue weighted by Gasteiger charge is -2.28. The molecule has 2 aromatic rings. The second-order valence-electron chi connectivity index (χ2n) is 5.15. The summed E-state index contributed by atoms with van der Waals surface area (Å²) in [5.74, 6) is -1.20. The van der Waals surface area contributed by atoms with Crippen molar-refractivity contribution in [2.45, 2.75) is 12.8 Å². The molecule has 0 aliphatic carbocycles. The number of hydrogen-bond donors (Lipinski definition) is 1. The van der Waals surface area contributed by atoms with E-state index in [0.29, 0.717) is 17.3 Å². The number of nitrogens with one attached hydrogen (secondary N) is 1. The minimum absolute atomic E-state index is 0.508. The van der Waals surface area contributed by atoms with Crippen molar-refractivity contribution in [1.29, 1.82) is 0 Å². The molecule has 0 saturated carbocycles. The Labute approximate surface area is 133 Å². The van der Waals surface area contributed by atoms with E-state index in [1.807, 2.05) is 24.3 Å². The summed E-state index contributed by atoms with van der Waals surface area (Å²) in [5.41, 5.74) is 2.42. The molecular weight excluding hydrogens is 300 g/mol. The van der Waals surface area contributed by atoms with Crippen molar-refractivity contribution >= 4 is 34.8 Å². The van der Waals surface area contributed by atoms with Gasteiger partial charge in [0.15, 0.2) is 0 Å². The van der Waals surface area contributed by atoms with E-state index in [1.165, 1.54) is 0 Å². The van der Waals surface area contributed by atoms with Crippen molar-refractivity contribution in [2.24, 2.45) is 0 Å². The Balaban J connectivity index is 1.78. The number of nitrogens with zero attached hydrogens (tertiary/aromatic N) is 1. The lowest BCUT2D eigenvalue weighted by molar-refractivity contribution is -0.134. The van der Waals surface area contributed by atoms with Crippen LogP contribution in [0.5, 0.6) is 0 Å². The van der Waals surface area contributed by atoms with Gasteiger partial charge in [-0.15, -0.1) is 0 Å². The molecule has 0 atom stereocenters. The molecule has 0 aromatic heterocycles. The van der Waals surface area contributed by atoms with Crippen molar-refractivity contribution in [1.82, 2.24) is 0 Å². The number of hydrogen-bond acceptors (Lipinski definition) is 2. The predicted octanol–water partition coefficient (Wildman–Crippen LogP) is 3.26. The van der Waals surface area contributed by atoms with Crippen LogP contribution < -0.4 is 10.2 Å². The lowest BCUT2D eigenvalue weighted by Crippen LogP contribution is -2.42. The van der Waals surface area contributed by atoms with Crippen LogP contribution in [0.25, 0.3) is 0 Å². The minimum atomic E-state index is -0.654. The number of fused-ring (bicyclic) bond motifs is 1. The summed E-state index contributed by atoms with van der Waals surface area (Å²) in [4.78, 5) is 26.2. The van der Waals surface area contributed by atoms with E-state index in [4.69, 9.17) is 11.6 Å². The summed E-state index contributed by atoms with van der Waals surface area (Å²) in [6.07, 6.45) is 1.78. The Morgan fingerprint density at radius 3 is 2.73 bits per heavy atom. The highest BCUT2D eigenvalue weighted by molar-refractivity contribution is 6.44. The van der Waals surface area contributed by atoms with Gasteiger partial charge in [-0.1, -0.05) is 35.9 Å². The largest absolute Gasteiger partial charge is 0.318 e. The number of rotatable bonds is 1. The van der Waals surface area contributed by atoms with Crippen LogP contribution in [-0.4, -0.2) is 18.4 Å². The zero-order valence-electron chi connectivity index (χ0n) is 11.9. The third-order valence-electron chi connectivity index (χ3n) is 3.63. The van der Waals surface area contributed by atoms with Gasteiger partial charge in [-0.05, 0) is 42.7 Å². The van der Waals surface area contributed by atoms with Crippen LogP contribution in [0.4, 0.5) is 11.4 Å². The molecule has 1 N–H and O–H groups in total. The van der Waals surface area contributed by atoms with E-state index in [9.17, 15) is 9.59 Å². The standard InChI is InChI=1S/C17H15ClN2O2/c18-13-7-3-8-14(11-13)19-16(21)17(22)20-10-4-6-12-5-1-2-9-15(12)20/h1-3,5,7-9,11H,4,6,10H2,(H,19,21). The second kappa shape index (κ2) is 6.20. The van der Waals surface area contributed by atoms with Gasteiger partial charge >= 0.3 is 11.8 Å². The molecule has 1 aliphatic heterocycles. The molecule has 5 heteroatoms. The van der Waals surface area contributed by atoms with Crippen LogP contribution in [-0.2, 0) is 16.0 Å². The van der Waals surface area contributed by atoms with E-state index in [1.54, 1.807) is 29.2 Å². The maximum Gasteiger partial charge on any atom is 0.316 e. The molecule has 0 radical (unpaired) electrons. The van der Waals surface area contributed by atoms with Gasteiger partial charge in [0.1, 0.15) is 0 Å². The van der Waals surface area contributed by atoms with Gasteiger partial charge in [-0.3, -0.25) is 9.59 Å². The number of benzene rings is 2. The van der Waals surface area contributed by atoms with E-state index >= 15 is 0 Å². The van der Waals surface area contributed by atoms with Crippen LogP contribution >= 0.6 is 11.6 Å². The number of amides is 2. The van der Waals surface area contributed by atoms with Gasteiger partial charge < -0.3 is 10.2 Å². The first kappa shape index (κ1) is 14.6. The van der Waals surface area contributed by atoms with Crippen molar-refractivity contribution in [3.63, 3.8) is 0 Å². The molecule has 0 bridgehead atoms. The first-order valence-electron chi connectivity index (χ1n) is 7.11. The number of carbonyl (C=O) groups is 2. The summed E-state index contributed by atoms with van der Waals surface area (Å²) >= 11 is 5.88. The molecule has 0 fully saturated rings. The highest BCUT2D eigenvalue weighted by Gasteiger charge is 2.27. The molecule has 2 aromatic carbocycles. The molecule has 1 aliphatic rings. The topological polar surface area (TPSA) is 49.4 Å². The molecule has 0 spiro atoms. The van der Waals surface area contributed by atoms with E-state index in [-0.39, 0.29) is 0 Å². The maximum atomic E-state index is 12.4. The molecule has 22 heavy (non-hydrogen) atoms. The normalized spacial score (nSPS) is 13.4. The molecule has 1 heterocycles. The Morgan fingerprint density at radius 1 is 1.09 bits per heavy atom. The number of halogens is 1. The number of anilines is 2. The molecule has 2 amide bonds. The van der Waals surface area contributed by atoms with Gasteiger partial charge in [0.25, 0.3) is 0 Å². The van der Waals surface area contributed by atoms with Gasteiger partial charge in [0.2, 0.25) is 0 Å². The Kier molecular flexibility index (Phi) is 4.11. The quantitative estimate of drug-likeness (QED) is 0.821. The van der Waals surface area contributed by atoms with Crippen molar-refractivity contribution in [3.8, 4) is 0 Å². The summed E-state index contributed by atoms with van der Waals surface area (Å²) in [5, 5.41) is 3.10. The Morgan fingerprint density at radius 2 is 1.91 bits per heavy atom. The van der Waals surface area contributed by atoms with Crippen LogP contribution in [0.3, 0.4) is 0 Å². The lowest BCUT2D eigenvalue weighted by atomic mass is 10.0.